The third kappa shape index (κ3) is 5.30. The van der Waals surface area contributed by atoms with E-state index in [0.717, 1.165) is 11.1 Å². The van der Waals surface area contributed by atoms with E-state index in [1.807, 2.05) is 61.5 Å². The van der Waals surface area contributed by atoms with Gasteiger partial charge in [0.2, 0.25) is 5.78 Å². The zero-order valence-corrected chi connectivity index (χ0v) is 22.5. The number of allylic oxidation sites excluding steroid dienone is 1. The zero-order valence-electron chi connectivity index (χ0n) is 22.5. The van der Waals surface area contributed by atoms with Crippen LogP contribution in [0.15, 0.2) is 101 Å². The maximum atomic E-state index is 13.3. The molecule has 1 aliphatic heterocycles. The molecule has 0 aliphatic carbocycles. The largest absolute Gasteiger partial charge is 0.493 e. The molecule has 7 heteroatoms. The SMILES string of the molecule is CCOc1ccccc1/C=C1\Oc2cc(OC(=O)c3c(C)oc4ccc(OCc5ccccc5)cc34)ccc2C1=O. The normalized spacial score (nSPS) is 13.2. The molecule has 0 radical (unpaired) electrons. The van der Waals surface area contributed by atoms with E-state index in [-0.39, 0.29) is 17.3 Å². The number of para-hydroxylation sites is 1. The number of carbonyl (C=O) groups is 2. The van der Waals surface area contributed by atoms with Gasteiger partial charge in [-0.15, -0.1) is 0 Å². The Hall–Kier alpha value is -5.30. The van der Waals surface area contributed by atoms with Gasteiger partial charge < -0.3 is 23.4 Å². The molecule has 1 aromatic heterocycles. The molecule has 0 unspecified atom stereocenters. The van der Waals surface area contributed by atoms with Crippen molar-refractivity contribution >= 4 is 28.8 Å². The Balaban J connectivity index is 1.22. The molecule has 0 saturated carbocycles. The number of ketones is 1. The van der Waals surface area contributed by atoms with Crippen molar-refractivity contribution in [3.05, 3.63) is 125 Å². The van der Waals surface area contributed by atoms with Crippen molar-refractivity contribution in [1.82, 2.24) is 0 Å². The van der Waals surface area contributed by atoms with Crippen LogP contribution in [0.1, 0.15) is 44.5 Å². The second kappa shape index (κ2) is 11.1. The monoisotopic (exact) mass is 546 g/mol. The lowest BCUT2D eigenvalue weighted by atomic mass is 10.1. The Bertz CT molecular complexity index is 1800. The highest BCUT2D eigenvalue weighted by Gasteiger charge is 2.29. The van der Waals surface area contributed by atoms with Gasteiger partial charge in [0, 0.05) is 17.0 Å². The van der Waals surface area contributed by atoms with E-state index < -0.39 is 5.97 Å². The highest BCUT2D eigenvalue weighted by atomic mass is 16.5. The van der Waals surface area contributed by atoms with Gasteiger partial charge in [-0.2, -0.15) is 0 Å². The molecule has 0 amide bonds. The lowest BCUT2D eigenvalue weighted by Gasteiger charge is -2.08. The Kier molecular flexibility index (Phi) is 7.00. The maximum Gasteiger partial charge on any atom is 0.347 e. The van der Waals surface area contributed by atoms with Gasteiger partial charge in [0.05, 0.1) is 12.2 Å². The summed E-state index contributed by atoms with van der Waals surface area (Å²) in [5.41, 5.74) is 2.99. The van der Waals surface area contributed by atoms with E-state index in [9.17, 15) is 9.59 Å². The molecule has 0 N–H and O–H groups in total. The molecule has 0 bridgehead atoms. The summed E-state index contributed by atoms with van der Waals surface area (Å²) in [4.78, 5) is 26.3. The Morgan fingerprint density at radius 1 is 0.878 bits per heavy atom. The fourth-order valence-corrected chi connectivity index (χ4v) is 4.70. The third-order valence-corrected chi connectivity index (χ3v) is 6.65. The van der Waals surface area contributed by atoms with Gasteiger partial charge in [0.15, 0.2) is 5.76 Å². The van der Waals surface area contributed by atoms with Crippen LogP contribution in [-0.4, -0.2) is 18.4 Å². The number of Topliss-reactive ketones (excluding diaryl/α,β-unsaturated/α-hetero) is 1. The van der Waals surface area contributed by atoms with Crippen LogP contribution in [0.3, 0.4) is 0 Å². The van der Waals surface area contributed by atoms with E-state index in [1.165, 1.54) is 6.07 Å². The molecule has 0 atom stereocenters. The first-order valence-corrected chi connectivity index (χ1v) is 13.2. The molecule has 4 aromatic carbocycles. The standard InChI is InChI=1S/C34H26O7/c1-3-37-28-12-8-7-11-23(28)17-31-33(35)26-15-13-25(19-30(26)41-31)40-34(36)32-21(2)39-29-16-14-24(18-27(29)32)38-20-22-9-5-4-6-10-22/h4-19H,3,20H2,1-2H3/b31-17-. The zero-order chi connectivity index (χ0) is 28.3. The highest BCUT2D eigenvalue weighted by molar-refractivity contribution is 6.14. The van der Waals surface area contributed by atoms with Crippen LogP contribution in [0.2, 0.25) is 0 Å². The number of furan rings is 1. The molecule has 0 spiro atoms. The van der Waals surface area contributed by atoms with Crippen LogP contribution in [0.25, 0.3) is 17.0 Å². The van der Waals surface area contributed by atoms with Gasteiger partial charge in [-0.1, -0.05) is 48.5 Å². The van der Waals surface area contributed by atoms with Crippen LogP contribution >= 0.6 is 0 Å². The molecule has 0 saturated heterocycles. The first-order chi connectivity index (χ1) is 20.0. The van der Waals surface area contributed by atoms with Gasteiger partial charge in [0.1, 0.15) is 46.5 Å². The van der Waals surface area contributed by atoms with Crippen molar-refractivity contribution < 1.29 is 33.0 Å². The van der Waals surface area contributed by atoms with Crippen LogP contribution in [0, 0.1) is 6.92 Å². The average Bonchev–Trinajstić information content (AvgIpc) is 3.48. The van der Waals surface area contributed by atoms with Gasteiger partial charge in [0.25, 0.3) is 0 Å². The van der Waals surface area contributed by atoms with Crippen LogP contribution in [0.4, 0.5) is 0 Å². The van der Waals surface area contributed by atoms with E-state index in [2.05, 4.69) is 0 Å². The number of benzene rings is 4. The third-order valence-electron chi connectivity index (χ3n) is 6.65. The van der Waals surface area contributed by atoms with Gasteiger partial charge in [-0.3, -0.25) is 4.79 Å². The molecule has 1 aliphatic rings. The lowest BCUT2D eigenvalue weighted by Crippen LogP contribution is -2.09. The molecule has 6 rings (SSSR count). The summed E-state index contributed by atoms with van der Waals surface area (Å²) in [6.07, 6.45) is 1.65. The lowest BCUT2D eigenvalue weighted by molar-refractivity contribution is 0.0734. The van der Waals surface area contributed by atoms with Crippen molar-refractivity contribution in [2.75, 3.05) is 6.61 Å². The number of carbonyl (C=O) groups excluding carboxylic acids is 2. The van der Waals surface area contributed by atoms with E-state index >= 15 is 0 Å². The van der Waals surface area contributed by atoms with Crippen molar-refractivity contribution in [2.45, 2.75) is 20.5 Å². The Morgan fingerprint density at radius 2 is 1.66 bits per heavy atom. The second-order valence-corrected chi connectivity index (χ2v) is 9.42. The minimum absolute atomic E-state index is 0.162. The first kappa shape index (κ1) is 26.0. The minimum Gasteiger partial charge on any atom is -0.493 e. The number of aryl methyl sites for hydroxylation is 1. The van der Waals surface area contributed by atoms with E-state index in [0.29, 0.717) is 58.3 Å². The Morgan fingerprint density at radius 3 is 2.49 bits per heavy atom. The Labute approximate surface area is 236 Å². The number of fused-ring (bicyclic) bond motifs is 2. The summed E-state index contributed by atoms with van der Waals surface area (Å²) in [5, 5.41) is 0.587. The van der Waals surface area contributed by atoms with Gasteiger partial charge in [-0.05, 0) is 61.9 Å². The van der Waals surface area contributed by atoms with E-state index in [4.69, 9.17) is 23.4 Å². The van der Waals surface area contributed by atoms with Crippen LogP contribution in [0.5, 0.6) is 23.0 Å². The van der Waals surface area contributed by atoms with Crippen LogP contribution < -0.4 is 18.9 Å². The molecule has 204 valence electrons. The van der Waals surface area contributed by atoms with Crippen molar-refractivity contribution in [3.8, 4) is 23.0 Å². The summed E-state index contributed by atoms with van der Waals surface area (Å²) in [5.74, 6) is 1.54. The summed E-state index contributed by atoms with van der Waals surface area (Å²) in [6.45, 7) is 4.50. The van der Waals surface area contributed by atoms with Crippen LogP contribution in [-0.2, 0) is 6.61 Å². The number of hydrogen-bond acceptors (Lipinski definition) is 7. The predicted octanol–water partition coefficient (Wildman–Crippen LogP) is 7.55. The first-order valence-electron chi connectivity index (χ1n) is 13.2. The maximum absolute atomic E-state index is 13.3. The number of rotatable bonds is 8. The molecule has 7 nitrogen and oxygen atoms in total. The quantitative estimate of drug-likeness (QED) is 0.113. The van der Waals surface area contributed by atoms with Crippen molar-refractivity contribution in [2.24, 2.45) is 0 Å². The van der Waals surface area contributed by atoms with Gasteiger partial charge >= 0.3 is 5.97 Å². The fraction of sp³-hybridized carbons (Fsp3) is 0.118. The number of hydrogen-bond donors (Lipinski definition) is 0. The summed E-state index contributed by atoms with van der Waals surface area (Å²) >= 11 is 0. The summed E-state index contributed by atoms with van der Waals surface area (Å²) in [7, 11) is 0. The molecule has 0 fully saturated rings. The molecule has 41 heavy (non-hydrogen) atoms. The molecule has 2 heterocycles. The number of ether oxygens (including phenoxy) is 4. The highest BCUT2D eigenvalue weighted by Crippen LogP contribution is 2.37. The predicted molar refractivity (Wildman–Crippen MR) is 154 cm³/mol. The second-order valence-electron chi connectivity index (χ2n) is 9.42. The number of esters is 1. The smallest absolute Gasteiger partial charge is 0.347 e. The van der Waals surface area contributed by atoms with Crippen molar-refractivity contribution in [1.29, 1.82) is 0 Å². The van der Waals surface area contributed by atoms with Gasteiger partial charge in [-0.25, -0.2) is 4.79 Å². The topological polar surface area (TPSA) is 84.2 Å². The molecular formula is C34H26O7. The van der Waals surface area contributed by atoms with E-state index in [1.54, 1.807) is 43.3 Å². The molecule has 5 aromatic rings. The average molecular weight is 547 g/mol. The van der Waals surface area contributed by atoms with Crippen molar-refractivity contribution in [3.63, 3.8) is 0 Å². The summed E-state index contributed by atoms with van der Waals surface area (Å²) < 4.78 is 29.0. The molecular weight excluding hydrogens is 520 g/mol. The minimum atomic E-state index is -0.591. The summed E-state index contributed by atoms with van der Waals surface area (Å²) in [6, 6.07) is 27.3. The fourth-order valence-electron chi connectivity index (χ4n) is 4.70.